The first-order valence-electron chi connectivity index (χ1n) is 8.96. The minimum Gasteiger partial charge on any atom is -0.337 e. The lowest BCUT2D eigenvalue weighted by molar-refractivity contribution is -0.133. The lowest BCUT2D eigenvalue weighted by atomic mass is 10.1. The van der Waals surface area contributed by atoms with Crippen LogP contribution in [-0.4, -0.2) is 40.2 Å². The lowest BCUT2D eigenvalue weighted by Gasteiger charge is -2.25. The van der Waals surface area contributed by atoms with Crippen LogP contribution in [0.5, 0.6) is 0 Å². The Morgan fingerprint density at radius 1 is 1.15 bits per heavy atom. The molecule has 2 aromatic rings. The van der Waals surface area contributed by atoms with Crippen LogP contribution < -0.4 is 10.9 Å². The van der Waals surface area contributed by atoms with Crippen LogP contribution in [0, 0.1) is 5.82 Å². The minimum absolute atomic E-state index is 0.00271. The molecule has 142 valence electrons. The second kappa shape index (κ2) is 8.83. The first kappa shape index (κ1) is 19.1. The highest BCUT2D eigenvalue weighted by atomic mass is 19.1. The molecule has 27 heavy (non-hydrogen) atoms. The fourth-order valence-corrected chi connectivity index (χ4v) is 3.10. The summed E-state index contributed by atoms with van der Waals surface area (Å²) in [7, 11) is 0. The third kappa shape index (κ3) is 5.18. The molecule has 2 N–H and O–H groups in total. The predicted octanol–water partition coefficient (Wildman–Crippen LogP) is 1.62. The summed E-state index contributed by atoms with van der Waals surface area (Å²) in [5.41, 5.74) is 7.70. The maximum Gasteiger partial charge on any atom is 0.241 e. The number of Topliss-reactive ketones (excluding diaryl/α,β-unsaturated/α-hetero) is 1. The molecule has 1 aromatic carbocycles. The van der Waals surface area contributed by atoms with Crippen LogP contribution in [0.3, 0.4) is 0 Å². The average Bonchev–Trinajstić information content (AvgIpc) is 3.17. The number of pyridine rings is 1. The van der Waals surface area contributed by atoms with Gasteiger partial charge < -0.3 is 4.90 Å². The average molecular weight is 370 g/mol. The van der Waals surface area contributed by atoms with Crippen LogP contribution in [0.15, 0.2) is 48.8 Å². The summed E-state index contributed by atoms with van der Waals surface area (Å²) in [6.45, 7) is 2.42. The quantitative estimate of drug-likeness (QED) is 0.775. The molecular weight excluding hydrogens is 347 g/mol. The summed E-state index contributed by atoms with van der Waals surface area (Å²) in [4.78, 5) is 30.4. The van der Waals surface area contributed by atoms with Gasteiger partial charge in [0.05, 0.1) is 6.04 Å². The van der Waals surface area contributed by atoms with E-state index in [2.05, 4.69) is 15.8 Å². The van der Waals surface area contributed by atoms with Crippen molar-refractivity contribution in [2.75, 3.05) is 6.54 Å². The number of rotatable bonds is 7. The fraction of sp³-hybridized carbons (Fsp3) is 0.350. The zero-order valence-electron chi connectivity index (χ0n) is 15.2. The predicted molar refractivity (Wildman–Crippen MR) is 98.9 cm³/mol. The topological polar surface area (TPSA) is 74.3 Å². The molecule has 1 amide bonds. The van der Waals surface area contributed by atoms with E-state index in [9.17, 15) is 14.0 Å². The van der Waals surface area contributed by atoms with Crippen molar-refractivity contribution >= 4 is 11.7 Å². The van der Waals surface area contributed by atoms with Gasteiger partial charge in [0.25, 0.3) is 0 Å². The van der Waals surface area contributed by atoms with Crippen LogP contribution in [0.25, 0.3) is 0 Å². The Labute approximate surface area is 157 Å². The van der Waals surface area contributed by atoms with E-state index in [0.717, 1.165) is 11.1 Å². The lowest BCUT2D eigenvalue weighted by Crippen LogP contribution is -2.46. The molecule has 0 spiro atoms. The third-order valence-corrected chi connectivity index (χ3v) is 4.68. The maximum absolute atomic E-state index is 13.1. The van der Waals surface area contributed by atoms with Crippen molar-refractivity contribution in [1.82, 2.24) is 20.7 Å². The molecule has 6 nitrogen and oxygen atoms in total. The highest BCUT2D eigenvalue weighted by Crippen LogP contribution is 2.13. The summed E-state index contributed by atoms with van der Waals surface area (Å²) >= 11 is 0. The summed E-state index contributed by atoms with van der Waals surface area (Å²) < 4.78 is 13.1. The highest BCUT2D eigenvalue weighted by Gasteiger charge is 2.34. The van der Waals surface area contributed by atoms with E-state index in [1.54, 1.807) is 29.4 Å². The van der Waals surface area contributed by atoms with Crippen molar-refractivity contribution in [3.63, 3.8) is 0 Å². The number of amides is 1. The van der Waals surface area contributed by atoms with Crippen LogP contribution in [0.4, 0.5) is 4.39 Å². The molecule has 1 fully saturated rings. The van der Waals surface area contributed by atoms with Gasteiger partial charge >= 0.3 is 0 Å². The Kier molecular flexibility index (Phi) is 6.26. The number of benzene rings is 1. The van der Waals surface area contributed by atoms with Crippen LogP contribution >= 0.6 is 0 Å². The number of nitrogens with zero attached hydrogens (tertiary/aromatic N) is 2. The Morgan fingerprint density at radius 3 is 2.52 bits per heavy atom. The number of hydrogen-bond acceptors (Lipinski definition) is 5. The first-order chi connectivity index (χ1) is 13.0. The van der Waals surface area contributed by atoms with E-state index in [1.165, 1.54) is 19.1 Å². The number of carbonyl (C=O) groups is 2. The van der Waals surface area contributed by atoms with Gasteiger partial charge in [-0.2, -0.15) is 0 Å². The van der Waals surface area contributed by atoms with Crippen molar-refractivity contribution in [3.8, 4) is 0 Å². The smallest absolute Gasteiger partial charge is 0.241 e. The number of carbonyl (C=O) groups excluding carboxylic acids is 2. The Hall–Kier alpha value is -2.64. The van der Waals surface area contributed by atoms with E-state index in [4.69, 9.17) is 0 Å². The summed E-state index contributed by atoms with van der Waals surface area (Å²) in [5, 5.41) is 0. The summed E-state index contributed by atoms with van der Waals surface area (Å²) in [6.07, 6.45) is 4.46. The number of nitrogens with one attached hydrogen (secondary N) is 2. The van der Waals surface area contributed by atoms with Gasteiger partial charge in [-0.15, -0.1) is 0 Å². The number of aromatic nitrogens is 1. The Balaban J connectivity index is 1.69. The van der Waals surface area contributed by atoms with E-state index in [-0.39, 0.29) is 23.5 Å². The van der Waals surface area contributed by atoms with Gasteiger partial charge in [-0.05, 0) is 49.1 Å². The Morgan fingerprint density at radius 2 is 1.89 bits per heavy atom. The van der Waals surface area contributed by atoms with Gasteiger partial charge in [0.15, 0.2) is 0 Å². The summed E-state index contributed by atoms with van der Waals surface area (Å²) in [6, 6.07) is 9.24. The van der Waals surface area contributed by atoms with Crippen molar-refractivity contribution in [3.05, 3.63) is 65.7 Å². The molecule has 2 unspecified atom stereocenters. The monoisotopic (exact) mass is 370 g/mol. The molecule has 1 saturated heterocycles. The summed E-state index contributed by atoms with van der Waals surface area (Å²) in [5.74, 6) is -0.348. The zero-order valence-corrected chi connectivity index (χ0v) is 15.2. The first-order valence-corrected chi connectivity index (χ1v) is 8.96. The van der Waals surface area contributed by atoms with E-state index in [0.29, 0.717) is 25.9 Å². The standard InChI is InChI=1S/C20H23FN4O2/c1-14(26)18-11-19(24-23-18)20(27)25(13-16-3-2-9-22-12-16)10-8-15-4-6-17(21)7-5-15/h2-7,9,12,18-19,23-24H,8,10-11,13H2,1H3. The van der Waals surface area contributed by atoms with E-state index >= 15 is 0 Å². The normalized spacial score (nSPS) is 19.0. The van der Waals surface area contributed by atoms with E-state index in [1.807, 2.05) is 12.1 Å². The van der Waals surface area contributed by atoms with Crippen molar-refractivity contribution < 1.29 is 14.0 Å². The second-order valence-corrected chi connectivity index (χ2v) is 6.74. The second-order valence-electron chi connectivity index (χ2n) is 6.74. The van der Waals surface area contributed by atoms with Gasteiger partial charge in [-0.25, -0.2) is 15.2 Å². The van der Waals surface area contributed by atoms with Gasteiger partial charge in [-0.1, -0.05) is 18.2 Å². The molecule has 7 heteroatoms. The van der Waals surface area contributed by atoms with Gasteiger partial charge in [0, 0.05) is 25.5 Å². The largest absolute Gasteiger partial charge is 0.337 e. The van der Waals surface area contributed by atoms with Crippen molar-refractivity contribution in [2.24, 2.45) is 0 Å². The number of ketones is 1. The molecule has 0 saturated carbocycles. The van der Waals surface area contributed by atoms with Crippen molar-refractivity contribution in [2.45, 2.75) is 38.4 Å². The molecule has 1 aliphatic rings. The molecule has 0 aliphatic carbocycles. The third-order valence-electron chi connectivity index (χ3n) is 4.68. The minimum atomic E-state index is -0.455. The van der Waals surface area contributed by atoms with Gasteiger partial charge in [0.1, 0.15) is 17.6 Å². The molecular formula is C20H23FN4O2. The molecule has 0 bridgehead atoms. The van der Waals surface area contributed by atoms with Crippen LogP contribution in [0.2, 0.25) is 0 Å². The SMILES string of the molecule is CC(=O)C1CC(C(=O)N(CCc2ccc(F)cc2)Cc2cccnc2)NN1. The van der Waals surface area contributed by atoms with Gasteiger partial charge in [-0.3, -0.25) is 14.6 Å². The fourth-order valence-electron chi connectivity index (χ4n) is 3.10. The number of hydrogen-bond donors (Lipinski definition) is 2. The van der Waals surface area contributed by atoms with Crippen LogP contribution in [-0.2, 0) is 22.6 Å². The zero-order chi connectivity index (χ0) is 19.2. The molecule has 0 radical (unpaired) electrons. The van der Waals surface area contributed by atoms with Crippen molar-refractivity contribution in [1.29, 1.82) is 0 Å². The van der Waals surface area contributed by atoms with Crippen LogP contribution in [0.1, 0.15) is 24.5 Å². The molecule has 2 heterocycles. The number of halogens is 1. The van der Waals surface area contributed by atoms with Gasteiger partial charge in [0.2, 0.25) is 5.91 Å². The molecule has 3 rings (SSSR count). The molecule has 2 atom stereocenters. The highest BCUT2D eigenvalue weighted by molar-refractivity contribution is 5.86. The van der Waals surface area contributed by atoms with E-state index < -0.39 is 6.04 Å². The maximum atomic E-state index is 13.1. The Bertz CT molecular complexity index is 782. The molecule has 1 aliphatic heterocycles. The number of hydrazine groups is 1. The molecule has 1 aromatic heterocycles.